The molecule has 3 aromatic rings. The Morgan fingerprint density at radius 1 is 1.05 bits per heavy atom. The first-order chi connectivity index (χ1) is 17.9. The molecule has 0 radical (unpaired) electrons. The predicted molar refractivity (Wildman–Crippen MR) is 137 cm³/mol. The summed E-state index contributed by atoms with van der Waals surface area (Å²) in [6.45, 7) is 1.50. The van der Waals surface area contributed by atoms with Crippen molar-refractivity contribution in [1.29, 1.82) is 0 Å². The number of carbonyl (C=O) groups excluding carboxylic acids is 2. The van der Waals surface area contributed by atoms with Crippen LogP contribution in [0.5, 0.6) is 17.2 Å². The summed E-state index contributed by atoms with van der Waals surface area (Å²) in [4.78, 5) is 29.3. The molecule has 0 aliphatic heterocycles. The number of aromatic nitrogens is 4. The van der Waals surface area contributed by atoms with Crippen molar-refractivity contribution in [3.8, 4) is 28.6 Å². The molecule has 1 saturated carbocycles. The predicted octanol–water partition coefficient (Wildman–Crippen LogP) is 2.85. The van der Waals surface area contributed by atoms with E-state index in [1.807, 2.05) is 0 Å². The molecule has 37 heavy (non-hydrogen) atoms. The summed E-state index contributed by atoms with van der Waals surface area (Å²) < 4.78 is 16.0. The number of hydrogen-bond acceptors (Lipinski definition) is 8. The van der Waals surface area contributed by atoms with E-state index < -0.39 is 6.04 Å². The minimum absolute atomic E-state index is 0.137. The molecule has 11 heteroatoms. The summed E-state index contributed by atoms with van der Waals surface area (Å²) in [5, 5.41) is 15.6. The van der Waals surface area contributed by atoms with Gasteiger partial charge in [-0.15, -0.1) is 10.2 Å². The minimum atomic E-state index is -0.756. The third kappa shape index (κ3) is 5.99. The van der Waals surface area contributed by atoms with Gasteiger partial charge in [-0.1, -0.05) is 18.9 Å². The Kier molecular flexibility index (Phi) is 8.22. The first-order valence-corrected chi connectivity index (χ1v) is 12.2. The molecule has 196 valence electrons. The Bertz CT molecular complexity index is 1240. The second-order valence-corrected chi connectivity index (χ2v) is 8.84. The molecule has 1 fully saturated rings. The van der Waals surface area contributed by atoms with E-state index in [9.17, 15) is 9.59 Å². The van der Waals surface area contributed by atoms with E-state index in [-0.39, 0.29) is 24.4 Å². The van der Waals surface area contributed by atoms with E-state index in [1.165, 1.54) is 9.70 Å². The van der Waals surface area contributed by atoms with Crippen LogP contribution in [-0.4, -0.2) is 65.4 Å². The summed E-state index contributed by atoms with van der Waals surface area (Å²) in [6.07, 6.45) is 4.09. The molecule has 0 saturated heterocycles. The molecule has 1 aliphatic rings. The third-order valence-corrected chi connectivity index (χ3v) is 6.44. The van der Waals surface area contributed by atoms with E-state index in [0.29, 0.717) is 34.3 Å². The molecule has 1 aromatic heterocycles. The molecule has 1 heterocycles. The number of tetrazole rings is 1. The largest absolute Gasteiger partial charge is 0.497 e. The van der Waals surface area contributed by atoms with Crippen molar-refractivity contribution in [2.75, 3.05) is 26.2 Å². The van der Waals surface area contributed by atoms with Gasteiger partial charge in [-0.05, 0) is 55.3 Å². The third-order valence-electron chi connectivity index (χ3n) is 6.44. The maximum Gasteiger partial charge on any atom is 0.251 e. The summed E-state index contributed by atoms with van der Waals surface area (Å²) >= 11 is 0. The van der Waals surface area contributed by atoms with Crippen molar-refractivity contribution in [1.82, 2.24) is 25.5 Å². The normalized spacial score (nSPS) is 14.2. The highest BCUT2D eigenvalue weighted by atomic mass is 16.5. The zero-order valence-electron chi connectivity index (χ0n) is 21.5. The van der Waals surface area contributed by atoms with Crippen LogP contribution in [0.2, 0.25) is 0 Å². The first kappa shape index (κ1) is 25.9. The average molecular weight is 509 g/mol. The number of ether oxygens (including phenoxy) is 3. The van der Waals surface area contributed by atoms with Crippen LogP contribution >= 0.6 is 0 Å². The molecule has 4 rings (SSSR count). The van der Waals surface area contributed by atoms with Crippen molar-refractivity contribution >= 4 is 17.5 Å². The van der Waals surface area contributed by atoms with Crippen molar-refractivity contribution < 1.29 is 23.8 Å². The zero-order chi connectivity index (χ0) is 26.4. The number of nitrogens with zero attached hydrogens (tertiary/aromatic N) is 5. The molecular weight excluding hydrogens is 476 g/mol. The van der Waals surface area contributed by atoms with Crippen LogP contribution in [0, 0.1) is 0 Å². The quantitative estimate of drug-likeness (QED) is 0.444. The van der Waals surface area contributed by atoms with Gasteiger partial charge in [-0.25, -0.2) is 0 Å². The van der Waals surface area contributed by atoms with Gasteiger partial charge in [-0.3, -0.25) is 14.5 Å². The second-order valence-electron chi connectivity index (χ2n) is 8.84. The highest BCUT2D eigenvalue weighted by Gasteiger charge is 2.30. The molecule has 11 nitrogen and oxygen atoms in total. The molecule has 0 bridgehead atoms. The Morgan fingerprint density at radius 2 is 1.81 bits per heavy atom. The van der Waals surface area contributed by atoms with E-state index >= 15 is 0 Å². The summed E-state index contributed by atoms with van der Waals surface area (Å²) in [6, 6.07) is 11.7. The highest BCUT2D eigenvalue weighted by Crippen LogP contribution is 2.31. The van der Waals surface area contributed by atoms with E-state index in [0.717, 1.165) is 25.7 Å². The number of methoxy groups -OCH3 is 3. The van der Waals surface area contributed by atoms with E-state index in [1.54, 1.807) is 70.7 Å². The molecule has 2 aromatic carbocycles. The van der Waals surface area contributed by atoms with Crippen molar-refractivity contribution in [3.05, 3.63) is 42.5 Å². The van der Waals surface area contributed by atoms with Crippen molar-refractivity contribution in [2.24, 2.45) is 0 Å². The lowest BCUT2D eigenvalue weighted by molar-refractivity contribution is -0.127. The maximum atomic E-state index is 13.6. The first-order valence-electron chi connectivity index (χ1n) is 12.2. The lowest BCUT2D eigenvalue weighted by atomic mass is 10.1. The molecule has 0 unspecified atom stereocenters. The fourth-order valence-corrected chi connectivity index (χ4v) is 4.45. The fourth-order valence-electron chi connectivity index (χ4n) is 4.45. The summed E-state index contributed by atoms with van der Waals surface area (Å²) in [5.41, 5.74) is 1.20. The molecule has 1 atom stereocenters. The Labute approximate surface area is 215 Å². The molecule has 2 amide bonds. The highest BCUT2D eigenvalue weighted by molar-refractivity contribution is 6.00. The number of benzene rings is 2. The van der Waals surface area contributed by atoms with Crippen LogP contribution in [0.1, 0.15) is 32.6 Å². The Balaban J connectivity index is 1.56. The van der Waals surface area contributed by atoms with Crippen LogP contribution < -0.4 is 24.4 Å². The maximum absolute atomic E-state index is 13.6. The topological polar surface area (TPSA) is 121 Å². The smallest absolute Gasteiger partial charge is 0.251 e. The van der Waals surface area contributed by atoms with Crippen LogP contribution in [0.4, 0.5) is 5.69 Å². The van der Waals surface area contributed by atoms with Gasteiger partial charge < -0.3 is 19.5 Å². The number of carbonyl (C=O) groups is 2. The summed E-state index contributed by atoms with van der Waals surface area (Å²) in [7, 11) is 4.65. The average Bonchev–Trinajstić information content (AvgIpc) is 3.60. The lowest BCUT2D eigenvalue weighted by Crippen LogP contribution is -2.51. The number of nitrogens with one attached hydrogen (secondary N) is 1. The van der Waals surface area contributed by atoms with Crippen molar-refractivity contribution in [2.45, 2.75) is 51.2 Å². The van der Waals surface area contributed by atoms with Crippen LogP contribution in [-0.2, 0) is 16.1 Å². The van der Waals surface area contributed by atoms with Crippen LogP contribution in [0.3, 0.4) is 0 Å². The lowest BCUT2D eigenvalue weighted by Gasteiger charge is -2.29. The molecule has 0 spiro atoms. The molecular formula is C26H32N6O5. The zero-order valence-corrected chi connectivity index (χ0v) is 21.5. The SMILES string of the molecule is COc1cccc(N(C(=O)Cn2nnc(-c3ccc(OC)c(OC)c3)n2)[C@@H](C)C(=O)NC2CCCC2)c1. The van der Waals surface area contributed by atoms with Gasteiger partial charge in [0.15, 0.2) is 11.5 Å². The Hall–Kier alpha value is -4.15. The standard InChI is InChI=1S/C26H32N6O5/c1-17(26(34)27-19-8-5-6-9-19)32(20-10-7-11-21(15-20)35-2)24(33)16-31-29-25(28-30-31)18-12-13-22(36-3)23(14-18)37-4/h7,10-15,17,19H,5-6,8-9,16H2,1-4H3,(H,27,34)/t17-/m0/s1. The fraction of sp³-hybridized carbons (Fsp3) is 0.423. The molecule has 1 N–H and O–H groups in total. The van der Waals surface area contributed by atoms with Crippen molar-refractivity contribution in [3.63, 3.8) is 0 Å². The number of hydrogen-bond donors (Lipinski definition) is 1. The van der Waals surface area contributed by atoms with Crippen LogP contribution in [0.15, 0.2) is 42.5 Å². The van der Waals surface area contributed by atoms with Gasteiger partial charge >= 0.3 is 0 Å². The number of rotatable bonds is 10. The molecule has 1 aliphatic carbocycles. The van der Waals surface area contributed by atoms with Gasteiger partial charge in [0.1, 0.15) is 18.3 Å². The van der Waals surface area contributed by atoms with Gasteiger partial charge in [0.05, 0.1) is 21.3 Å². The second kappa shape index (κ2) is 11.7. The van der Waals surface area contributed by atoms with Crippen LogP contribution in [0.25, 0.3) is 11.4 Å². The van der Waals surface area contributed by atoms with Gasteiger partial charge in [-0.2, -0.15) is 4.80 Å². The Morgan fingerprint density at radius 3 is 2.51 bits per heavy atom. The van der Waals surface area contributed by atoms with Gasteiger partial charge in [0.25, 0.3) is 5.91 Å². The number of anilines is 1. The minimum Gasteiger partial charge on any atom is -0.497 e. The van der Waals surface area contributed by atoms with E-state index in [4.69, 9.17) is 14.2 Å². The van der Waals surface area contributed by atoms with Gasteiger partial charge in [0, 0.05) is 23.4 Å². The van der Waals surface area contributed by atoms with E-state index in [2.05, 4.69) is 20.7 Å². The monoisotopic (exact) mass is 508 g/mol. The van der Waals surface area contributed by atoms with Gasteiger partial charge in [0.2, 0.25) is 11.7 Å². The number of amides is 2. The summed E-state index contributed by atoms with van der Waals surface area (Å²) in [5.74, 6) is 1.44.